The molecule has 3 N–H and O–H groups in total. The van der Waals surface area contributed by atoms with E-state index >= 15 is 0 Å². The van der Waals surface area contributed by atoms with Crippen LogP contribution in [-0.4, -0.2) is 0 Å². The zero-order valence-corrected chi connectivity index (χ0v) is 8.03. The first-order valence-corrected chi connectivity index (χ1v) is 4.80. The van der Waals surface area contributed by atoms with E-state index in [1.165, 1.54) is 9.75 Å². The lowest BCUT2D eigenvalue weighted by Crippen LogP contribution is -2.25. The van der Waals surface area contributed by atoms with Gasteiger partial charge in [0.1, 0.15) is 0 Å². The summed E-state index contributed by atoms with van der Waals surface area (Å²) >= 11 is 1.78. The van der Waals surface area contributed by atoms with E-state index in [1.807, 2.05) is 6.08 Å². The SMILES string of the molecule is C=CC(NN)c1ccc(CC)s1. The van der Waals surface area contributed by atoms with Crippen molar-refractivity contribution in [2.75, 3.05) is 0 Å². The molecule has 0 amide bonds. The van der Waals surface area contributed by atoms with Crippen LogP contribution < -0.4 is 11.3 Å². The zero-order chi connectivity index (χ0) is 8.97. The lowest BCUT2D eigenvalue weighted by Gasteiger charge is -2.06. The average molecular weight is 182 g/mol. The molecule has 0 saturated heterocycles. The number of nitrogens with one attached hydrogen (secondary N) is 1. The van der Waals surface area contributed by atoms with Gasteiger partial charge in [-0.3, -0.25) is 5.84 Å². The van der Waals surface area contributed by atoms with E-state index in [0.717, 1.165) is 6.42 Å². The van der Waals surface area contributed by atoms with Crippen LogP contribution in [0.4, 0.5) is 0 Å². The highest BCUT2D eigenvalue weighted by molar-refractivity contribution is 7.12. The summed E-state index contributed by atoms with van der Waals surface area (Å²) in [6, 6.07) is 4.32. The first-order chi connectivity index (χ1) is 5.81. The largest absolute Gasteiger partial charge is 0.271 e. The molecule has 0 spiro atoms. The van der Waals surface area contributed by atoms with Crippen molar-refractivity contribution in [1.29, 1.82) is 0 Å². The van der Waals surface area contributed by atoms with E-state index in [2.05, 4.69) is 31.1 Å². The Morgan fingerprint density at radius 3 is 2.92 bits per heavy atom. The minimum Gasteiger partial charge on any atom is -0.271 e. The molecule has 1 heterocycles. The predicted octanol–water partition coefficient (Wildman–Crippen LogP) is 2.00. The van der Waals surface area contributed by atoms with Crippen LogP contribution in [0.5, 0.6) is 0 Å². The molecule has 12 heavy (non-hydrogen) atoms. The maximum atomic E-state index is 5.35. The van der Waals surface area contributed by atoms with E-state index in [4.69, 9.17) is 5.84 Å². The van der Waals surface area contributed by atoms with Crippen LogP contribution in [0, 0.1) is 0 Å². The third-order valence-corrected chi connectivity index (χ3v) is 3.07. The summed E-state index contributed by atoms with van der Waals surface area (Å²) in [5, 5.41) is 0. The molecule has 3 heteroatoms. The molecule has 2 nitrogen and oxygen atoms in total. The summed E-state index contributed by atoms with van der Waals surface area (Å²) in [6.45, 7) is 5.85. The van der Waals surface area contributed by atoms with Gasteiger partial charge in [0.15, 0.2) is 0 Å². The second-order valence-electron chi connectivity index (χ2n) is 2.54. The highest BCUT2D eigenvalue weighted by atomic mass is 32.1. The lowest BCUT2D eigenvalue weighted by atomic mass is 10.2. The fourth-order valence-electron chi connectivity index (χ4n) is 1.02. The maximum absolute atomic E-state index is 5.35. The Morgan fingerprint density at radius 1 is 1.75 bits per heavy atom. The summed E-state index contributed by atoms with van der Waals surface area (Å²) in [5.74, 6) is 5.35. The van der Waals surface area contributed by atoms with Gasteiger partial charge in [-0.1, -0.05) is 13.0 Å². The van der Waals surface area contributed by atoms with Gasteiger partial charge in [0.05, 0.1) is 6.04 Å². The summed E-state index contributed by atoms with van der Waals surface area (Å²) in [5.41, 5.74) is 2.70. The molecule has 1 unspecified atom stereocenters. The summed E-state index contributed by atoms with van der Waals surface area (Å²) in [6.07, 6.45) is 2.89. The van der Waals surface area contributed by atoms with Gasteiger partial charge in [0.2, 0.25) is 0 Å². The van der Waals surface area contributed by atoms with Crippen molar-refractivity contribution in [2.24, 2.45) is 5.84 Å². The number of hydrogen-bond acceptors (Lipinski definition) is 3. The Balaban J connectivity index is 2.79. The van der Waals surface area contributed by atoms with Gasteiger partial charge in [-0.05, 0) is 18.6 Å². The van der Waals surface area contributed by atoms with Gasteiger partial charge in [-0.15, -0.1) is 17.9 Å². The molecular formula is C9H14N2S. The Morgan fingerprint density at radius 2 is 2.50 bits per heavy atom. The van der Waals surface area contributed by atoms with Gasteiger partial charge in [-0.25, -0.2) is 5.43 Å². The average Bonchev–Trinajstić information content (AvgIpc) is 2.55. The maximum Gasteiger partial charge on any atom is 0.0730 e. The van der Waals surface area contributed by atoms with Crippen LogP contribution in [0.1, 0.15) is 22.7 Å². The Kier molecular flexibility index (Phi) is 3.47. The Labute approximate surface area is 77.1 Å². The Bertz CT molecular complexity index is 255. The summed E-state index contributed by atoms with van der Waals surface area (Å²) in [7, 11) is 0. The van der Waals surface area contributed by atoms with Crippen LogP contribution in [0.25, 0.3) is 0 Å². The van der Waals surface area contributed by atoms with Crippen LogP contribution in [0.3, 0.4) is 0 Å². The fraction of sp³-hybridized carbons (Fsp3) is 0.333. The first kappa shape index (κ1) is 9.45. The number of thiophene rings is 1. The van der Waals surface area contributed by atoms with E-state index in [0.29, 0.717) is 0 Å². The van der Waals surface area contributed by atoms with Crippen molar-refractivity contribution in [3.05, 3.63) is 34.5 Å². The van der Waals surface area contributed by atoms with Crippen LogP contribution in [0.15, 0.2) is 24.8 Å². The predicted molar refractivity (Wildman–Crippen MR) is 54.0 cm³/mol. The summed E-state index contributed by atoms with van der Waals surface area (Å²) in [4.78, 5) is 2.61. The van der Waals surface area contributed by atoms with Gasteiger partial charge in [-0.2, -0.15) is 0 Å². The molecule has 1 aromatic rings. The topological polar surface area (TPSA) is 38.0 Å². The monoisotopic (exact) mass is 182 g/mol. The smallest absolute Gasteiger partial charge is 0.0730 e. The molecule has 0 saturated carbocycles. The van der Waals surface area contributed by atoms with E-state index < -0.39 is 0 Å². The second-order valence-corrected chi connectivity index (χ2v) is 3.74. The zero-order valence-electron chi connectivity index (χ0n) is 7.21. The lowest BCUT2D eigenvalue weighted by molar-refractivity contribution is 0.667. The molecule has 0 aliphatic carbocycles. The molecule has 0 aliphatic heterocycles. The van der Waals surface area contributed by atoms with Crippen molar-refractivity contribution in [2.45, 2.75) is 19.4 Å². The van der Waals surface area contributed by atoms with E-state index in [-0.39, 0.29) is 6.04 Å². The highest BCUT2D eigenvalue weighted by Gasteiger charge is 2.06. The molecular weight excluding hydrogens is 168 g/mol. The van der Waals surface area contributed by atoms with Crippen molar-refractivity contribution in [3.63, 3.8) is 0 Å². The summed E-state index contributed by atoms with van der Waals surface area (Å²) < 4.78 is 0. The molecule has 1 aromatic heterocycles. The van der Waals surface area contributed by atoms with Gasteiger partial charge < -0.3 is 0 Å². The van der Waals surface area contributed by atoms with Crippen molar-refractivity contribution in [3.8, 4) is 0 Å². The normalized spacial score (nSPS) is 12.8. The van der Waals surface area contributed by atoms with Gasteiger partial charge >= 0.3 is 0 Å². The fourth-order valence-corrected chi connectivity index (χ4v) is 2.03. The van der Waals surface area contributed by atoms with Gasteiger partial charge in [0, 0.05) is 9.75 Å². The highest BCUT2D eigenvalue weighted by Crippen LogP contribution is 2.23. The molecule has 0 aliphatic rings. The molecule has 0 aromatic carbocycles. The quantitative estimate of drug-likeness (QED) is 0.424. The van der Waals surface area contributed by atoms with Crippen molar-refractivity contribution >= 4 is 11.3 Å². The van der Waals surface area contributed by atoms with Gasteiger partial charge in [0.25, 0.3) is 0 Å². The van der Waals surface area contributed by atoms with E-state index in [9.17, 15) is 0 Å². The number of hydrazine groups is 1. The van der Waals surface area contributed by atoms with Crippen molar-refractivity contribution < 1.29 is 0 Å². The molecule has 1 atom stereocenters. The van der Waals surface area contributed by atoms with E-state index in [1.54, 1.807) is 11.3 Å². The number of nitrogens with two attached hydrogens (primary N) is 1. The minimum atomic E-state index is 0.0929. The third kappa shape index (κ3) is 1.94. The van der Waals surface area contributed by atoms with Crippen LogP contribution in [0.2, 0.25) is 0 Å². The molecule has 0 fully saturated rings. The number of aryl methyl sites for hydroxylation is 1. The minimum absolute atomic E-state index is 0.0929. The van der Waals surface area contributed by atoms with Crippen LogP contribution in [-0.2, 0) is 6.42 Å². The Hall–Kier alpha value is -0.640. The number of hydrogen-bond donors (Lipinski definition) is 2. The second kappa shape index (κ2) is 4.40. The number of rotatable bonds is 4. The first-order valence-electron chi connectivity index (χ1n) is 3.99. The van der Waals surface area contributed by atoms with Crippen LogP contribution >= 0.6 is 11.3 Å². The third-order valence-electron chi connectivity index (χ3n) is 1.75. The standard InChI is InChI=1S/C9H14N2S/c1-3-7-5-6-9(12-7)8(4-2)11-10/h4-6,8,11H,2-3,10H2,1H3. The molecule has 1 rings (SSSR count). The molecule has 0 bridgehead atoms. The molecule has 66 valence electrons. The molecule has 0 radical (unpaired) electrons. The van der Waals surface area contributed by atoms with Crippen molar-refractivity contribution in [1.82, 2.24) is 5.43 Å².